The van der Waals surface area contributed by atoms with E-state index < -0.39 is 0 Å². The molecule has 7 aromatic carbocycles. The molecule has 4 heteroatoms. The Morgan fingerprint density at radius 2 is 0.753 bits per heavy atom. The van der Waals surface area contributed by atoms with Crippen molar-refractivity contribution in [2.45, 2.75) is 138 Å². The van der Waals surface area contributed by atoms with Gasteiger partial charge in [-0.1, -0.05) is 229 Å². The average Bonchev–Trinajstić information content (AvgIpc) is 4.04. The lowest BCUT2D eigenvalue weighted by atomic mass is 9.59. The summed E-state index contributed by atoms with van der Waals surface area (Å²) in [7, 11) is 0. The summed E-state index contributed by atoms with van der Waals surface area (Å²) in [4.78, 5) is 21.3. The average molecular weight is 1010 g/mol. The van der Waals surface area contributed by atoms with Crippen LogP contribution in [0.2, 0.25) is 0 Å². The van der Waals surface area contributed by atoms with Crippen molar-refractivity contribution in [2.75, 3.05) is 0 Å². The van der Waals surface area contributed by atoms with Crippen LogP contribution in [0.15, 0.2) is 158 Å². The highest BCUT2D eigenvalue weighted by molar-refractivity contribution is 6.00. The van der Waals surface area contributed by atoms with Gasteiger partial charge in [-0.3, -0.25) is 4.98 Å². The zero-order valence-corrected chi connectivity index (χ0v) is 48.3. The lowest BCUT2D eigenvalue weighted by Gasteiger charge is -2.44. The number of rotatable bonds is 7. The Balaban J connectivity index is 1.01. The quantitative estimate of drug-likeness (QED) is 0.160. The number of aromatic nitrogens is 4. The van der Waals surface area contributed by atoms with Gasteiger partial charge in [0, 0.05) is 33.9 Å². The van der Waals surface area contributed by atoms with Gasteiger partial charge in [0.2, 0.25) is 0 Å². The van der Waals surface area contributed by atoms with E-state index in [-0.39, 0.29) is 37.9 Å². The third kappa shape index (κ3) is 7.22. The summed E-state index contributed by atoms with van der Waals surface area (Å²) in [6.45, 7) is 37.9. The predicted octanol–water partition coefficient (Wildman–Crippen LogP) is 19.0. The minimum atomic E-state index is -0.140. The third-order valence-electron chi connectivity index (χ3n) is 21.1. The first-order valence-electron chi connectivity index (χ1n) is 27.9. The van der Waals surface area contributed by atoms with Crippen LogP contribution in [0.3, 0.4) is 0 Å². The van der Waals surface area contributed by atoms with Gasteiger partial charge in [-0.2, -0.15) is 0 Å². The van der Waals surface area contributed by atoms with Gasteiger partial charge in [0.05, 0.1) is 5.69 Å². The van der Waals surface area contributed by atoms with Crippen LogP contribution in [0.5, 0.6) is 0 Å². The van der Waals surface area contributed by atoms with Crippen molar-refractivity contribution in [1.29, 1.82) is 0 Å². The Labute approximate surface area is 458 Å². The smallest absolute Gasteiger partial charge is 0.165 e. The number of hydrogen-bond donors (Lipinski definition) is 0. The molecule has 0 bridgehead atoms. The van der Waals surface area contributed by atoms with Crippen molar-refractivity contribution < 1.29 is 0 Å². The molecule has 77 heavy (non-hydrogen) atoms. The molecular weight excluding hydrogens is 933 g/mol. The summed E-state index contributed by atoms with van der Waals surface area (Å²) in [6.07, 6.45) is 1.95. The second-order valence-corrected chi connectivity index (χ2v) is 26.6. The van der Waals surface area contributed by atoms with E-state index in [1.807, 2.05) is 6.20 Å². The minimum absolute atomic E-state index is 0.0123. The fourth-order valence-electron chi connectivity index (χ4n) is 14.1. The highest BCUT2D eigenvalue weighted by atomic mass is 15.0. The first-order chi connectivity index (χ1) is 36.3. The summed E-state index contributed by atoms with van der Waals surface area (Å²) in [5.74, 6) is 1.93. The summed E-state index contributed by atoms with van der Waals surface area (Å²) in [5.41, 5.74) is 25.0. The van der Waals surface area contributed by atoms with Crippen molar-refractivity contribution in [3.63, 3.8) is 0 Å². The van der Waals surface area contributed by atoms with E-state index in [0.29, 0.717) is 17.5 Å². The molecule has 0 N–H and O–H groups in total. The normalized spacial score (nSPS) is 18.1. The Morgan fingerprint density at radius 3 is 1.31 bits per heavy atom. The number of nitrogens with zero attached hydrogens (tertiary/aromatic N) is 4. The van der Waals surface area contributed by atoms with Crippen molar-refractivity contribution in [3.8, 4) is 89.9 Å². The number of fused-ring (bicyclic) bond motifs is 5. The van der Waals surface area contributed by atoms with Gasteiger partial charge >= 0.3 is 0 Å². The molecule has 2 aromatic heterocycles. The van der Waals surface area contributed by atoms with Gasteiger partial charge < -0.3 is 0 Å². The number of benzene rings is 7. The van der Waals surface area contributed by atoms with E-state index in [1.54, 1.807) is 0 Å². The maximum Gasteiger partial charge on any atom is 0.165 e. The number of aryl methyl sites for hydroxylation is 2. The second-order valence-electron chi connectivity index (χ2n) is 26.6. The molecule has 0 amide bonds. The Morgan fingerprint density at radius 1 is 0.299 bits per heavy atom. The molecule has 0 fully saturated rings. The highest BCUT2D eigenvalue weighted by Crippen LogP contribution is 2.63. The van der Waals surface area contributed by atoms with E-state index in [2.05, 4.69) is 262 Å². The molecule has 2 heterocycles. The lowest BCUT2D eigenvalue weighted by molar-refractivity contribution is 0.125. The summed E-state index contributed by atoms with van der Waals surface area (Å²) in [5, 5.41) is 0. The van der Waals surface area contributed by atoms with E-state index in [1.165, 1.54) is 89.0 Å². The molecule has 0 aliphatic heterocycles. The molecule has 12 rings (SSSR count). The monoisotopic (exact) mass is 1010 g/mol. The first-order valence-corrected chi connectivity index (χ1v) is 27.9. The number of hydrogen-bond acceptors (Lipinski definition) is 4. The van der Waals surface area contributed by atoms with Crippen molar-refractivity contribution in [2.24, 2.45) is 10.8 Å². The zero-order chi connectivity index (χ0) is 54.6. The second kappa shape index (κ2) is 16.8. The van der Waals surface area contributed by atoms with Crippen LogP contribution in [0, 0.1) is 24.7 Å². The van der Waals surface area contributed by atoms with Crippen molar-refractivity contribution in [1.82, 2.24) is 19.9 Å². The molecule has 0 saturated carbocycles. The van der Waals surface area contributed by atoms with E-state index in [4.69, 9.17) is 19.9 Å². The lowest BCUT2D eigenvalue weighted by Crippen LogP contribution is -2.42. The maximum atomic E-state index is 5.37. The third-order valence-corrected chi connectivity index (χ3v) is 21.1. The molecule has 3 aliphatic rings. The molecule has 0 spiro atoms. The van der Waals surface area contributed by atoms with Crippen LogP contribution in [0.1, 0.15) is 141 Å². The molecule has 0 atom stereocenters. The first kappa shape index (κ1) is 50.5. The topological polar surface area (TPSA) is 51.6 Å². The summed E-state index contributed by atoms with van der Waals surface area (Å²) >= 11 is 0. The molecule has 0 saturated heterocycles. The predicted molar refractivity (Wildman–Crippen MR) is 322 cm³/mol. The minimum Gasteiger partial charge on any atom is -0.255 e. The summed E-state index contributed by atoms with van der Waals surface area (Å²) < 4.78 is 0. The fourth-order valence-corrected chi connectivity index (χ4v) is 14.1. The van der Waals surface area contributed by atoms with Crippen LogP contribution >= 0.6 is 0 Å². The van der Waals surface area contributed by atoms with Gasteiger partial charge in [-0.05, 0) is 155 Å². The van der Waals surface area contributed by atoms with Gasteiger partial charge in [0.25, 0.3) is 0 Å². The molecular formula is C73H74N4. The standard InChI is InChI=1S/C73H74N4/c1-43-36-44(2)38-49(37-43)50-22-17-18-23-51(50)52-32-28-45(39-55(52)53-25-21-27-59-63(53)54-24-19-20-26-56(54)67(59,3)4)62-35-31-48(42-74-62)66-76-64(46-29-33-57-60(40-46)70(9,10)72(13,14)68(57,5)6)75-65(77-66)47-30-34-58-61(41-47)71(11,12)73(15,16)69(58,7)8/h17-42H,1-16H3. The molecule has 9 aromatic rings. The molecule has 386 valence electrons. The molecule has 0 unspecified atom stereocenters. The van der Waals surface area contributed by atoms with Crippen LogP contribution in [-0.4, -0.2) is 19.9 Å². The van der Waals surface area contributed by atoms with Gasteiger partial charge in [0.15, 0.2) is 17.5 Å². The van der Waals surface area contributed by atoms with Crippen LogP contribution in [-0.2, 0) is 27.1 Å². The molecule has 0 radical (unpaired) electrons. The Kier molecular flexibility index (Phi) is 11.1. The van der Waals surface area contributed by atoms with E-state index in [0.717, 1.165) is 27.9 Å². The van der Waals surface area contributed by atoms with Gasteiger partial charge in [-0.15, -0.1) is 0 Å². The Hall–Kier alpha value is -7.30. The number of pyridine rings is 1. The zero-order valence-electron chi connectivity index (χ0n) is 48.3. The van der Waals surface area contributed by atoms with Crippen molar-refractivity contribution >= 4 is 0 Å². The van der Waals surface area contributed by atoms with Crippen LogP contribution in [0.4, 0.5) is 0 Å². The largest absolute Gasteiger partial charge is 0.255 e. The SMILES string of the molecule is Cc1cc(C)cc(-c2ccccc2-c2ccc(-c3ccc(-c4nc(-c5ccc6c(c5)C(C)(C)C(C)(C)C6(C)C)nc(-c5ccc6c(c5)C(C)(C)C(C)(C)C6(C)C)n4)cn3)cc2-c2cccc3c2-c2ccccc2C3(C)C)c1. The molecule has 3 aliphatic carbocycles. The van der Waals surface area contributed by atoms with Crippen molar-refractivity contribution in [3.05, 3.63) is 202 Å². The van der Waals surface area contributed by atoms with E-state index in [9.17, 15) is 0 Å². The summed E-state index contributed by atoms with van der Waals surface area (Å²) in [6, 6.07) is 56.6. The molecule has 4 nitrogen and oxygen atoms in total. The van der Waals surface area contributed by atoms with E-state index >= 15 is 0 Å². The van der Waals surface area contributed by atoms with Gasteiger partial charge in [0.1, 0.15) is 0 Å². The van der Waals surface area contributed by atoms with Crippen LogP contribution < -0.4 is 0 Å². The van der Waals surface area contributed by atoms with Gasteiger partial charge in [-0.25, -0.2) is 15.0 Å². The maximum absolute atomic E-state index is 5.37. The fraction of sp³-hybridized carbons (Fsp3) is 0.315. The Bertz CT molecular complexity index is 3790. The highest BCUT2D eigenvalue weighted by Gasteiger charge is 2.58. The van der Waals surface area contributed by atoms with Crippen LogP contribution in [0.25, 0.3) is 89.9 Å².